The van der Waals surface area contributed by atoms with Gasteiger partial charge in [0, 0.05) is 11.3 Å². The molecule has 19 heavy (non-hydrogen) atoms. The quantitative estimate of drug-likeness (QED) is 0.581. The minimum absolute atomic E-state index is 0.105. The fourth-order valence-electron chi connectivity index (χ4n) is 2.71. The van der Waals surface area contributed by atoms with Crippen molar-refractivity contribution in [2.24, 2.45) is 22.7 Å². The SMILES string of the molecule is C=C1C(C(=O)C(C)CC)C(=O)C(C)(C)C(=O)C1(C)C. The second-order valence-corrected chi connectivity index (χ2v) is 6.61. The summed E-state index contributed by atoms with van der Waals surface area (Å²) in [7, 11) is 0. The van der Waals surface area contributed by atoms with E-state index >= 15 is 0 Å². The largest absolute Gasteiger partial charge is 0.298 e. The van der Waals surface area contributed by atoms with Gasteiger partial charge in [0.05, 0.1) is 11.3 Å². The van der Waals surface area contributed by atoms with Crippen LogP contribution in [-0.2, 0) is 14.4 Å². The first-order valence-electron chi connectivity index (χ1n) is 6.81. The van der Waals surface area contributed by atoms with Crippen LogP contribution in [0.15, 0.2) is 12.2 Å². The van der Waals surface area contributed by atoms with Crippen molar-refractivity contribution >= 4 is 17.3 Å². The highest BCUT2D eigenvalue weighted by Gasteiger charge is 2.56. The van der Waals surface area contributed by atoms with Gasteiger partial charge in [0.25, 0.3) is 0 Å². The van der Waals surface area contributed by atoms with Crippen LogP contribution in [0.5, 0.6) is 0 Å². The van der Waals surface area contributed by atoms with Gasteiger partial charge in [-0.1, -0.05) is 20.4 Å². The maximum atomic E-state index is 12.5. The Morgan fingerprint density at radius 1 is 1.21 bits per heavy atom. The summed E-state index contributed by atoms with van der Waals surface area (Å²) in [4.78, 5) is 37.4. The average molecular weight is 264 g/mol. The Kier molecular flexibility index (Phi) is 3.91. The smallest absolute Gasteiger partial charge is 0.160 e. The average Bonchev–Trinajstić information content (AvgIpc) is 2.34. The zero-order valence-electron chi connectivity index (χ0n) is 12.8. The molecule has 1 aliphatic rings. The molecule has 0 spiro atoms. The van der Waals surface area contributed by atoms with E-state index in [1.165, 1.54) is 0 Å². The van der Waals surface area contributed by atoms with Gasteiger partial charge in [-0.05, 0) is 39.7 Å². The maximum Gasteiger partial charge on any atom is 0.160 e. The number of carbonyl (C=O) groups excluding carboxylic acids is 3. The van der Waals surface area contributed by atoms with E-state index in [9.17, 15) is 14.4 Å². The first-order valence-corrected chi connectivity index (χ1v) is 6.81. The van der Waals surface area contributed by atoms with E-state index < -0.39 is 16.7 Å². The fraction of sp³-hybridized carbons (Fsp3) is 0.688. The van der Waals surface area contributed by atoms with Gasteiger partial charge in [-0.25, -0.2) is 0 Å². The molecule has 0 aromatic carbocycles. The van der Waals surface area contributed by atoms with Gasteiger partial charge in [0.1, 0.15) is 5.78 Å². The molecule has 0 saturated heterocycles. The Hall–Kier alpha value is -1.25. The Labute approximate surface area is 115 Å². The van der Waals surface area contributed by atoms with Crippen LogP contribution < -0.4 is 0 Å². The highest BCUT2D eigenvalue weighted by molar-refractivity contribution is 6.21. The first-order chi connectivity index (χ1) is 8.49. The normalized spacial score (nSPS) is 27.3. The van der Waals surface area contributed by atoms with Crippen molar-refractivity contribution in [1.29, 1.82) is 0 Å². The fourth-order valence-corrected chi connectivity index (χ4v) is 2.71. The second kappa shape index (κ2) is 4.69. The van der Waals surface area contributed by atoms with Crippen molar-refractivity contribution in [2.45, 2.75) is 48.0 Å². The molecule has 0 aromatic rings. The molecule has 0 radical (unpaired) electrons. The molecular formula is C16H24O3. The van der Waals surface area contributed by atoms with Crippen LogP contribution in [0.1, 0.15) is 48.0 Å². The van der Waals surface area contributed by atoms with Crippen LogP contribution in [0.4, 0.5) is 0 Å². The molecule has 1 rings (SSSR count). The Morgan fingerprint density at radius 3 is 2.11 bits per heavy atom. The molecule has 0 aromatic heterocycles. The van der Waals surface area contributed by atoms with E-state index in [1.807, 2.05) is 13.8 Å². The van der Waals surface area contributed by atoms with Crippen molar-refractivity contribution < 1.29 is 14.4 Å². The van der Waals surface area contributed by atoms with Gasteiger partial charge >= 0.3 is 0 Å². The molecule has 106 valence electrons. The van der Waals surface area contributed by atoms with Crippen molar-refractivity contribution in [2.75, 3.05) is 0 Å². The van der Waals surface area contributed by atoms with E-state index in [1.54, 1.807) is 27.7 Å². The zero-order chi connectivity index (χ0) is 15.2. The highest BCUT2D eigenvalue weighted by atomic mass is 16.2. The molecule has 3 nitrogen and oxygen atoms in total. The maximum absolute atomic E-state index is 12.5. The molecule has 1 fully saturated rings. The monoisotopic (exact) mass is 264 g/mol. The summed E-state index contributed by atoms with van der Waals surface area (Å²) in [5.41, 5.74) is -1.49. The molecule has 0 N–H and O–H groups in total. The Balaban J connectivity index is 3.33. The number of Topliss-reactive ketones (excluding diaryl/α,β-unsaturated/α-hetero) is 3. The molecular weight excluding hydrogens is 240 g/mol. The number of ketones is 3. The van der Waals surface area contributed by atoms with Gasteiger partial charge < -0.3 is 0 Å². The molecule has 1 saturated carbocycles. The Bertz CT molecular complexity index is 425. The minimum Gasteiger partial charge on any atom is -0.298 e. The van der Waals surface area contributed by atoms with E-state index in [4.69, 9.17) is 0 Å². The van der Waals surface area contributed by atoms with E-state index in [2.05, 4.69) is 6.58 Å². The molecule has 0 bridgehead atoms. The summed E-state index contributed by atoms with van der Waals surface area (Å²) < 4.78 is 0. The van der Waals surface area contributed by atoms with Gasteiger partial charge in [-0.15, -0.1) is 0 Å². The number of allylic oxidation sites excluding steroid dienone is 1. The van der Waals surface area contributed by atoms with Crippen LogP contribution in [0.3, 0.4) is 0 Å². The molecule has 3 heteroatoms. The van der Waals surface area contributed by atoms with Gasteiger partial charge in [-0.3, -0.25) is 14.4 Å². The summed E-state index contributed by atoms with van der Waals surface area (Å²) in [6.45, 7) is 14.4. The van der Waals surface area contributed by atoms with Crippen molar-refractivity contribution in [1.82, 2.24) is 0 Å². The molecule has 0 amide bonds. The minimum atomic E-state index is -1.11. The summed E-state index contributed by atoms with van der Waals surface area (Å²) in [6, 6.07) is 0. The topological polar surface area (TPSA) is 51.2 Å². The van der Waals surface area contributed by atoms with E-state index in [-0.39, 0.29) is 23.3 Å². The summed E-state index contributed by atoms with van der Waals surface area (Å²) in [5.74, 6) is -1.58. The van der Waals surface area contributed by atoms with Crippen LogP contribution >= 0.6 is 0 Å². The third kappa shape index (κ3) is 2.19. The second-order valence-electron chi connectivity index (χ2n) is 6.61. The third-order valence-electron chi connectivity index (χ3n) is 4.55. The number of carbonyl (C=O) groups is 3. The molecule has 2 atom stereocenters. The van der Waals surface area contributed by atoms with Gasteiger partial charge in [0.2, 0.25) is 0 Å². The predicted octanol–water partition coefficient (Wildman–Crippen LogP) is 2.98. The predicted molar refractivity (Wildman–Crippen MR) is 74.7 cm³/mol. The van der Waals surface area contributed by atoms with E-state index in [0.29, 0.717) is 12.0 Å². The number of rotatable bonds is 3. The molecule has 1 aliphatic carbocycles. The summed E-state index contributed by atoms with van der Waals surface area (Å²) >= 11 is 0. The van der Waals surface area contributed by atoms with Crippen LogP contribution in [-0.4, -0.2) is 17.3 Å². The van der Waals surface area contributed by atoms with Crippen molar-refractivity contribution in [3.63, 3.8) is 0 Å². The molecule has 2 unspecified atom stereocenters. The lowest BCUT2D eigenvalue weighted by Crippen LogP contribution is -2.55. The molecule has 0 aliphatic heterocycles. The standard InChI is InChI=1S/C16H24O3/c1-8-9(2)12(17)11-10(3)15(4,5)14(19)16(6,7)13(11)18/h9,11H,3,8H2,1-2,4-7H3. The number of hydrogen-bond donors (Lipinski definition) is 0. The lowest BCUT2D eigenvalue weighted by molar-refractivity contribution is -0.151. The summed E-state index contributed by atoms with van der Waals surface area (Å²) in [5, 5.41) is 0. The third-order valence-corrected chi connectivity index (χ3v) is 4.55. The lowest BCUT2D eigenvalue weighted by Gasteiger charge is -2.43. The number of hydrogen-bond acceptors (Lipinski definition) is 3. The Morgan fingerprint density at radius 2 is 1.68 bits per heavy atom. The highest BCUT2D eigenvalue weighted by Crippen LogP contribution is 2.47. The van der Waals surface area contributed by atoms with Gasteiger partial charge in [-0.2, -0.15) is 0 Å². The molecule has 0 heterocycles. The van der Waals surface area contributed by atoms with Crippen molar-refractivity contribution in [3.05, 3.63) is 12.2 Å². The van der Waals surface area contributed by atoms with Crippen LogP contribution in [0.25, 0.3) is 0 Å². The van der Waals surface area contributed by atoms with E-state index in [0.717, 1.165) is 0 Å². The summed E-state index contributed by atoms with van der Waals surface area (Å²) in [6.07, 6.45) is 0.685. The van der Waals surface area contributed by atoms with Gasteiger partial charge in [0.15, 0.2) is 11.6 Å². The zero-order valence-corrected chi connectivity index (χ0v) is 12.8. The van der Waals surface area contributed by atoms with Crippen LogP contribution in [0.2, 0.25) is 0 Å². The van der Waals surface area contributed by atoms with Crippen molar-refractivity contribution in [3.8, 4) is 0 Å². The van der Waals surface area contributed by atoms with Crippen LogP contribution in [0, 0.1) is 22.7 Å². The lowest BCUT2D eigenvalue weighted by atomic mass is 9.56. The first kappa shape index (κ1) is 15.8.